The summed E-state index contributed by atoms with van der Waals surface area (Å²) in [6.07, 6.45) is 0.623. The van der Waals surface area contributed by atoms with E-state index < -0.39 is 0 Å². The first-order valence-electron chi connectivity index (χ1n) is 9.63. The first-order chi connectivity index (χ1) is 14.7. The maximum atomic E-state index is 12.2. The number of methoxy groups -OCH3 is 1. The third-order valence-electron chi connectivity index (χ3n) is 4.66. The van der Waals surface area contributed by atoms with Crippen LogP contribution in [0.25, 0.3) is 22.5 Å². The molecule has 0 saturated heterocycles. The van der Waals surface area contributed by atoms with Gasteiger partial charge in [0, 0.05) is 24.1 Å². The lowest BCUT2D eigenvalue weighted by Crippen LogP contribution is -2.12. The predicted molar refractivity (Wildman–Crippen MR) is 115 cm³/mol. The lowest BCUT2D eigenvalue weighted by Gasteiger charge is -2.05. The van der Waals surface area contributed by atoms with Gasteiger partial charge in [0.05, 0.1) is 7.11 Å². The summed E-state index contributed by atoms with van der Waals surface area (Å²) in [6, 6.07) is 25.3. The Kier molecular flexibility index (Phi) is 5.85. The van der Waals surface area contributed by atoms with Crippen molar-refractivity contribution in [1.82, 2.24) is 10.1 Å². The summed E-state index contributed by atoms with van der Waals surface area (Å²) in [5.41, 5.74) is 3.86. The highest BCUT2D eigenvalue weighted by molar-refractivity contribution is 5.90. The molecule has 0 bridgehead atoms. The fourth-order valence-corrected chi connectivity index (χ4v) is 3.03. The van der Waals surface area contributed by atoms with Gasteiger partial charge in [0.2, 0.25) is 17.6 Å². The minimum absolute atomic E-state index is 0.118. The monoisotopic (exact) mass is 399 g/mol. The van der Waals surface area contributed by atoms with Gasteiger partial charge >= 0.3 is 0 Å². The standard InChI is InChI=1S/C24H21N3O3/c1-29-21-13-11-20(12-14-21)25-22(28)15-16-23-26-24(27-30-23)19-9-7-18(8-10-19)17-5-3-2-4-6-17/h2-14H,15-16H2,1H3,(H,25,28). The molecule has 0 aliphatic heterocycles. The van der Waals surface area contributed by atoms with Gasteiger partial charge in [-0.2, -0.15) is 4.98 Å². The third-order valence-corrected chi connectivity index (χ3v) is 4.66. The maximum Gasteiger partial charge on any atom is 0.227 e. The quantitative estimate of drug-likeness (QED) is 0.474. The third kappa shape index (κ3) is 4.72. The molecule has 150 valence electrons. The smallest absolute Gasteiger partial charge is 0.227 e. The lowest BCUT2D eigenvalue weighted by molar-refractivity contribution is -0.116. The SMILES string of the molecule is COc1ccc(NC(=O)CCc2nc(-c3ccc(-c4ccccc4)cc3)no2)cc1. The number of rotatable bonds is 7. The van der Waals surface area contributed by atoms with Crippen molar-refractivity contribution in [1.29, 1.82) is 0 Å². The molecule has 1 heterocycles. The highest BCUT2D eigenvalue weighted by Crippen LogP contribution is 2.23. The van der Waals surface area contributed by atoms with E-state index in [0.29, 0.717) is 23.8 Å². The maximum absolute atomic E-state index is 12.2. The molecule has 1 amide bonds. The molecule has 0 fully saturated rings. The number of anilines is 1. The van der Waals surface area contributed by atoms with Crippen LogP contribution in [0.1, 0.15) is 12.3 Å². The summed E-state index contributed by atoms with van der Waals surface area (Å²) in [5.74, 6) is 1.57. The molecule has 0 aliphatic carbocycles. The highest BCUT2D eigenvalue weighted by atomic mass is 16.5. The molecule has 1 N–H and O–H groups in total. The van der Waals surface area contributed by atoms with Gasteiger partial charge < -0.3 is 14.6 Å². The molecule has 6 nitrogen and oxygen atoms in total. The van der Waals surface area contributed by atoms with Gasteiger partial charge in [-0.3, -0.25) is 4.79 Å². The molecule has 0 atom stereocenters. The van der Waals surface area contributed by atoms with Crippen LogP contribution >= 0.6 is 0 Å². The van der Waals surface area contributed by atoms with Crippen LogP contribution in [0.15, 0.2) is 83.4 Å². The minimum Gasteiger partial charge on any atom is -0.497 e. The van der Waals surface area contributed by atoms with Crippen LogP contribution < -0.4 is 10.1 Å². The van der Waals surface area contributed by atoms with Crippen molar-refractivity contribution in [3.05, 3.63) is 84.8 Å². The summed E-state index contributed by atoms with van der Waals surface area (Å²) in [7, 11) is 1.60. The van der Waals surface area contributed by atoms with E-state index in [1.165, 1.54) is 0 Å². The van der Waals surface area contributed by atoms with Gasteiger partial charge in [0.25, 0.3) is 0 Å². The van der Waals surface area contributed by atoms with E-state index in [0.717, 1.165) is 22.4 Å². The number of amides is 1. The molecule has 0 aliphatic rings. The van der Waals surface area contributed by atoms with Crippen LogP contribution in [0.2, 0.25) is 0 Å². The zero-order valence-corrected chi connectivity index (χ0v) is 16.5. The van der Waals surface area contributed by atoms with E-state index in [4.69, 9.17) is 9.26 Å². The largest absolute Gasteiger partial charge is 0.497 e. The van der Waals surface area contributed by atoms with Crippen molar-refractivity contribution in [3.8, 4) is 28.3 Å². The zero-order valence-electron chi connectivity index (χ0n) is 16.5. The average molecular weight is 399 g/mol. The van der Waals surface area contributed by atoms with Crippen LogP contribution in [0.3, 0.4) is 0 Å². The van der Waals surface area contributed by atoms with Crippen molar-refractivity contribution in [2.75, 3.05) is 12.4 Å². The summed E-state index contributed by atoms with van der Waals surface area (Å²) < 4.78 is 10.4. The molecule has 6 heteroatoms. The van der Waals surface area contributed by atoms with E-state index in [1.54, 1.807) is 31.4 Å². The number of hydrogen-bond donors (Lipinski definition) is 1. The molecule has 0 unspecified atom stereocenters. The van der Waals surface area contributed by atoms with Crippen molar-refractivity contribution in [3.63, 3.8) is 0 Å². The van der Waals surface area contributed by atoms with Crippen LogP contribution in [-0.2, 0) is 11.2 Å². The van der Waals surface area contributed by atoms with Gasteiger partial charge in [0.15, 0.2) is 0 Å². The lowest BCUT2D eigenvalue weighted by atomic mass is 10.0. The molecule has 0 radical (unpaired) electrons. The second kappa shape index (κ2) is 9.05. The van der Waals surface area contributed by atoms with Gasteiger partial charge in [-0.1, -0.05) is 59.8 Å². The van der Waals surface area contributed by atoms with Crippen molar-refractivity contribution in [2.45, 2.75) is 12.8 Å². The van der Waals surface area contributed by atoms with Crippen LogP contribution in [0.5, 0.6) is 5.75 Å². The second-order valence-corrected chi connectivity index (χ2v) is 6.73. The Bertz CT molecular complexity index is 1100. The number of ether oxygens (including phenoxy) is 1. The van der Waals surface area contributed by atoms with E-state index in [1.807, 2.05) is 42.5 Å². The van der Waals surface area contributed by atoms with Gasteiger partial charge in [-0.15, -0.1) is 0 Å². The molecule has 30 heavy (non-hydrogen) atoms. The van der Waals surface area contributed by atoms with Crippen molar-refractivity contribution >= 4 is 11.6 Å². The molecule has 0 saturated carbocycles. The fourth-order valence-electron chi connectivity index (χ4n) is 3.03. The number of aryl methyl sites for hydroxylation is 1. The molecule has 0 spiro atoms. The Balaban J connectivity index is 1.34. The van der Waals surface area contributed by atoms with E-state index in [2.05, 4.69) is 27.6 Å². The molecule has 1 aromatic heterocycles. The number of benzene rings is 3. The van der Waals surface area contributed by atoms with Crippen LogP contribution in [-0.4, -0.2) is 23.2 Å². The molecule has 4 rings (SSSR count). The Morgan fingerprint density at radius 2 is 1.57 bits per heavy atom. The number of aromatic nitrogens is 2. The van der Waals surface area contributed by atoms with Gasteiger partial charge in [-0.25, -0.2) is 0 Å². The zero-order chi connectivity index (χ0) is 20.8. The second-order valence-electron chi connectivity index (χ2n) is 6.73. The predicted octanol–water partition coefficient (Wildman–Crippen LogP) is 4.98. The number of carbonyl (C=O) groups excluding carboxylic acids is 1. The van der Waals surface area contributed by atoms with E-state index in [9.17, 15) is 4.79 Å². The molecule has 4 aromatic rings. The van der Waals surface area contributed by atoms with E-state index in [-0.39, 0.29) is 12.3 Å². The first-order valence-corrected chi connectivity index (χ1v) is 9.63. The van der Waals surface area contributed by atoms with Gasteiger partial charge in [-0.05, 0) is 35.4 Å². The van der Waals surface area contributed by atoms with Crippen LogP contribution in [0, 0.1) is 0 Å². The Morgan fingerprint density at radius 3 is 2.27 bits per heavy atom. The first kappa shape index (κ1) is 19.4. The van der Waals surface area contributed by atoms with Gasteiger partial charge in [0.1, 0.15) is 5.75 Å². The molecular formula is C24H21N3O3. The number of nitrogens with one attached hydrogen (secondary N) is 1. The summed E-state index contributed by atoms with van der Waals surface area (Å²) in [4.78, 5) is 16.6. The average Bonchev–Trinajstić information content (AvgIpc) is 3.28. The minimum atomic E-state index is -0.118. The highest BCUT2D eigenvalue weighted by Gasteiger charge is 2.11. The Hall–Kier alpha value is -3.93. The number of nitrogens with zero attached hydrogens (tertiary/aromatic N) is 2. The molecule has 3 aromatic carbocycles. The fraction of sp³-hybridized carbons (Fsp3) is 0.125. The van der Waals surface area contributed by atoms with Crippen molar-refractivity contribution in [2.24, 2.45) is 0 Å². The van der Waals surface area contributed by atoms with Crippen LogP contribution in [0.4, 0.5) is 5.69 Å². The normalized spacial score (nSPS) is 10.6. The summed E-state index contributed by atoms with van der Waals surface area (Å²) in [5, 5.41) is 6.88. The van der Waals surface area contributed by atoms with E-state index >= 15 is 0 Å². The molecular weight excluding hydrogens is 378 g/mol. The number of carbonyl (C=O) groups is 1. The summed E-state index contributed by atoms with van der Waals surface area (Å²) >= 11 is 0. The Labute approximate surface area is 174 Å². The summed E-state index contributed by atoms with van der Waals surface area (Å²) in [6.45, 7) is 0. The Morgan fingerprint density at radius 1 is 0.900 bits per heavy atom. The number of hydrogen-bond acceptors (Lipinski definition) is 5. The van der Waals surface area contributed by atoms with Crippen molar-refractivity contribution < 1.29 is 14.1 Å². The topological polar surface area (TPSA) is 77.2 Å².